The van der Waals surface area contributed by atoms with E-state index in [2.05, 4.69) is 21.0 Å². The monoisotopic (exact) mass is 430 g/mol. The first-order chi connectivity index (χ1) is 15.0. The third-order valence-electron chi connectivity index (χ3n) is 5.04. The third kappa shape index (κ3) is 3.93. The smallest absolute Gasteiger partial charge is 0.146 e. The lowest BCUT2D eigenvalue weighted by Gasteiger charge is -2.09. The Labute approximate surface area is 184 Å². The van der Waals surface area contributed by atoms with Crippen LogP contribution in [0.5, 0.6) is 0 Å². The number of nitrogen functional groups attached to an aromatic ring is 1. The summed E-state index contributed by atoms with van der Waals surface area (Å²) in [4.78, 5) is 13.2. The highest BCUT2D eigenvalue weighted by molar-refractivity contribution is 7.11. The molecular formula is C23H22N6OS. The molecule has 156 valence electrons. The highest BCUT2D eigenvalue weighted by Gasteiger charge is 2.22. The van der Waals surface area contributed by atoms with Crippen molar-refractivity contribution in [1.29, 1.82) is 5.26 Å². The van der Waals surface area contributed by atoms with Crippen molar-refractivity contribution in [1.82, 2.24) is 19.5 Å². The number of benzene rings is 1. The minimum Gasteiger partial charge on any atom is -0.396 e. The molecule has 7 nitrogen and oxygen atoms in total. The summed E-state index contributed by atoms with van der Waals surface area (Å²) in [6.07, 6.45) is 3.82. The number of rotatable bonds is 6. The zero-order valence-corrected chi connectivity index (χ0v) is 18.1. The normalized spacial score (nSPS) is 11.7. The number of thiazole rings is 1. The molecule has 0 unspecified atom stereocenters. The lowest BCUT2D eigenvalue weighted by molar-refractivity contribution is 0.280. The molecule has 0 spiro atoms. The van der Waals surface area contributed by atoms with Crippen LogP contribution in [0.25, 0.3) is 33.8 Å². The van der Waals surface area contributed by atoms with Crippen LogP contribution in [-0.2, 0) is 6.54 Å². The molecule has 3 aromatic heterocycles. The van der Waals surface area contributed by atoms with Crippen molar-refractivity contribution in [2.45, 2.75) is 26.8 Å². The number of aryl methyl sites for hydroxylation is 3. The molecule has 31 heavy (non-hydrogen) atoms. The van der Waals surface area contributed by atoms with Crippen LogP contribution >= 0.6 is 11.3 Å². The van der Waals surface area contributed by atoms with E-state index in [1.807, 2.05) is 54.1 Å². The van der Waals surface area contributed by atoms with Crippen molar-refractivity contribution in [3.8, 4) is 17.2 Å². The zero-order chi connectivity index (χ0) is 22.0. The summed E-state index contributed by atoms with van der Waals surface area (Å²) in [5, 5.41) is 22.7. The van der Waals surface area contributed by atoms with Gasteiger partial charge in [0.1, 0.15) is 28.9 Å². The summed E-state index contributed by atoms with van der Waals surface area (Å²) in [6.45, 7) is 4.50. The van der Waals surface area contributed by atoms with E-state index in [9.17, 15) is 10.4 Å². The van der Waals surface area contributed by atoms with E-state index in [1.165, 1.54) is 17.7 Å². The van der Waals surface area contributed by atoms with Gasteiger partial charge in [-0.2, -0.15) is 5.26 Å². The van der Waals surface area contributed by atoms with Gasteiger partial charge in [-0.1, -0.05) is 29.8 Å². The van der Waals surface area contributed by atoms with Crippen molar-refractivity contribution in [2.75, 3.05) is 12.3 Å². The van der Waals surface area contributed by atoms with Gasteiger partial charge in [-0.3, -0.25) is 0 Å². The number of nitrogens with two attached hydrogens (primary N) is 1. The Bertz CT molecular complexity index is 1310. The molecule has 0 radical (unpaired) electrons. The van der Waals surface area contributed by atoms with E-state index in [1.54, 1.807) is 0 Å². The lowest BCUT2D eigenvalue weighted by Crippen LogP contribution is -2.04. The number of allylic oxidation sites excluding steroid dienone is 1. The topological polar surface area (TPSA) is 114 Å². The molecular weight excluding hydrogens is 408 g/mol. The molecule has 3 heterocycles. The maximum Gasteiger partial charge on any atom is 0.146 e. The van der Waals surface area contributed by atoms with E-state index in [0.717, 1.165) is 33.5 Å². The first-order valence-corrected chi connectivity index (χ1v) is 10.8. The fourth-order valence-corrected chi connectivity index (χ4v) is 4.35. The fourth-order valence-electron chi connectivity index (χ4n) is 3.58. The van der Waals surface area contributed by atoms with Gasteiger partial charge in [0.05, 0.1) is 16.7 Å². The van der Waals surface area contributed by atoms with Crippen LogP contribution in [0.2, 0.25) is 0 Å². The molecule has 0 saturated heterocycles. The summed E-state index contributed by atoms with van der Waals surface area (Å²) in [5.41, 5.74) is 12.1. The van der Waals surface area contributed by atoms with Gasteiger partial charge in [-0.05, 0) is 31.9 Å². The van der Waals surface area contributed by atoms with Gasteiger partial charge in [0.2, 0.25) is 0 Å². The first kappa shape index (κ1) is 20.7. The molecule has 0 aliphatic heterocycles. The van der Waals surface area contributed by atoms with Crippen molar-refractivity contribution >= 4 is 39.8 Å². The molecule has 0 aliphatic rings. The van der Waals surface area contributed by atoms with Gasteiger partial charge in [0, 0.05) is 29.8 Å². The van der Waals surface area contributed by atoms with Crippen LogP contribution in [0.1, 0.15) is 28.4 Å². The highest BCUT2D eigenvalue weighted by atomic mass is 32.1. The van der Waals surface area contributed by atoms with E-state index in [4.69, 9.17) is 5.73 Å². The Morgan fingerprint density at radius 1 is 1.26 bits per heavy atom. The van der Waals surface area contributed by atoms with E-state index in [0.29, 0.717) is 35.0 Å². The van der Waals surface area contributed by atoms with E-state index < -0.39 is 0 Å². The Hall–Kier alpha value is -3.54. The molecule has 0 aliphatic carbocycles. The van der Waals surface area contributed by atoms with Crippen molar-refractivity contribution in [3.05, 3.63) is 57.9 Å². The van der Waals surface area contributed by atoms with E-state index >= 15 is 0 Å². The Kier molecular flexibility index (Phi) is 5.80. The second kappa shape index (κ2) is 8.68. The minimum atomic E-state index is 0.0417. The quantitative estimate of drug-likeness (QED) is 0.443. The van der Waals surface area contributed by atoms with Crippen LogP contribution in [0, 0.1) is 25.2 Å². The number of fused-ring (bicyclic) bond motifs is 1. The highest BCUT2D eigenvalue weighted by Crippen LogP contribution is 2.39. The predicted octanol–water partition coefficient (Wildman–Crippen LogP) is 4.20. The van der Waals surface area contributed by atoms with Gasteiger partial charge in [-0.15, -0.1) is 11.3 Å². The summed E-state index contributed by atoms with van der Waals surface area (Å²) in [6, 6.07) is 10.4. The second-order valence-electron chi connectivity index (χ2n) is 7.28. The molecule has 0 atom stereocenters. The summed E-state index contributed by atoms with van der Waals surface area (Å²) >= 11 is 1.44. The van der Waals surface area contributed by atoms with Crippen LogP contribution in [0.4, 0.5) is 5.82 Å². The Morgan fingerprint density at radius 2 is 2.03 bits per heavy atom. The number of nitriles is 1. The van der Waals surface area contributed by atoms with Crippen molar-refractivity contribution < 1.29 is 5.11 Å². The van der Waals surface area contributed by atoms with Crippen LogP contribution in [0.15, 0.2) is 36.0 Å². The van der Waals surface area contributed by atoms with Gasteiger partial charge in [-0.25, -0.2) is 15.0 Å². The van der Waals surface area contributed by atoms with Crippen molar-refractivity contribution in [2.24, 2.45) is 0 Å². The number of aromatic nitrogens is 4. The van der Waals surface area contributed by atoms with Crippen LogP contribution in [-0.4, -0.2) is 31.2 Å². The summed E-state index contributed by atoms with van der Waals surface area (Å²) < 4.78 is 2.00. The number of aliphatic hydroxyl groups excluding tert-OH is 1. The van der Waals surface area contributed by atoms with Gasteiger partial charge < -0.3 is 15.4 Å². The molecule has 1 aromatic carbocycles. The fraction of sp³-hybridized carbons (Fsp3) is 0.217. The maximum absolute atomic E-state index is 9.89. The molecule has 0 saturated carbocycles. The minimum absolute atomic E-state index is 0.0417. The number of anilines is 1. The zero-order valence-electron chi connectivity index (χ0n) is 17.3. The third-order valence-corrected chi connectivity index (χ3v) is 6.03. The summed E-state index contributed by atoms with van der Waals surface area (Å²) in [7, 11) is 0. The average Bonchev–Trinajstić information content (AvgIpc) is 3.33. The second-order valence-corrected chi connectivity index (χ2v) is 8.13. The standard InChI is InChI=1S/C23H22N6OS/c1-14-4-6-16(7-5-14)19-18(10-17(11-24)23-28-15(2)12-31-23)29(8-3-9-30)22-20(19)21(25)26-13-27-22/h4-7,10,12-13,30H,3,8-9H2,1-2H3,(H2,25,26,27)/b17-10+. The molecule has 0 fully saturated rings. The molecule has 4 rings (SSSR count). The molecule has 0 amide bonds. The number of aliphatic hydroxyl groups is 1. The van der Waals surface area contributed by atoms with Crippen LogP contribution < -0.4 is 5.73 Å². The Balaban J connectivity index is 2.07. The number of nitrogens with zero attached hydrogens (tertiary/aromatic N) is 5. The van der Waals surface area contributed by atoms with Crippen molar-refractivity contribution in [3.63, 3.8) is 0 Å². The van der Waals surface area contributed by atoms with Crippen LogP contribution in [0.3, 0.4) is 0 Å². The molecule has 4 aromatic rings. The predicted molar refractivity (Wildman–Crippen MR) is 124 cm³/mol. The largest absolute Gasteiger partial charge is 0.396 e. The molecule has 0 bridgehead atoms. The Morgan fingerprint density at radius 3 is 2.68 bits per heavy atom. The van der Waals surface area contributed by atoms with Gasteiger partial charge in [0.15, 0.2) is 0 Å². The number of hydrogen-bond acceptors (Lipinski definition) is 7. The van der Waals surface area contributed by atoms with Gasteiger partial charge >= 0.3 is 0 Å². The molecule has 3 N–H and O–H groups in total. The van der Waals surface area contributed by atoms with Gasteiger partial charge in [0.25, 0.3) is 0 Å². The molecule has 8 heteroatoms. The number of hydrogen-bond donors (Lipinski definition) is 2. The SMILES string of the molecule is Cc1ccc(-c2c(/C=C(\C#N)c3nc(C)cs3)n(CCCO)c3ncnc(N)c23)cc1. The average molecular weight is 431 g/mol. The summed E-state index contributed by atoms with van der Waals surface area (Å²) in [5.74, 6) is 0.376. The first-order valence-electron chi connectivity index (χ1n) is 9.88. The van der Waals surface area contributed by atoms with E-state index in [-0.39, 0.29) is 6.61 Å². The lowest BCUT2D eigenvalue weighted by atomic mass is 10.0. The maximum atomic E-state index is 9.89.